The van der Waals surface area contributed by atoms with Gasteiger partial charge in [0.25, 0.3) is 0 Å². The summed E-state index contributed by atoms with van der Waals surface area (Å²) in [6.07, 6.45) is 0.796. The summed E-state index contributed by atoms with van der Waals surface area (Å²) in [4.78, 5) is 37.5. The third-order valence-electron chi connectivity index (χ3n) is 3.81. The van der Waals surface area contributed by atoms with Crippen LogP contribution in [-0.2, 0) is 20.9 Å². The molecule has 1 aromatic carbocycles. The van der Waals surface area contributed by atoms with Gasteiger partial charge in [-0.3, -0.25) is 14.4 Å². The summed E-state index contributed by atoms with van der Waals surface area (Å²) in [6.45, 7) is -0.414. The lowest BCUT2D eigenvalue weighted by atomic mass is 9.95. The van der Waals surface area contributed by atoms with E-state index in [0.29, 0.717) is 18.1 Å². The molecule has 0 aliphatic carbocycles. The second-order valence-corrected chi connectivity index (χ2v) is 6.48. The number of halogens is 2. The monoisotopic (exact) mass is 403 g/mol. The Hall–Kier alpha value is -1.79. The maximum Gasteiger partial charge on any atom is 0.323 e. The van der Waals surface area contributed by atoms with Gasteiger partial charge in [-0.2, -0.15) is 0 Å². The second-order valence-electron chi connectivity index (χ2n) is 5.73. The van der Waals surface area contributed by atoms with Crippen molar-refractivity contribution >= 4 is 40.9 Å². The zero-order valence-corrected chi connectivity index (χ0v) is 16.1. The molecule has 1 aromatic rings. The Kier molecular flexibility index (Phi) is 10.1. The fourth-order valence-corrected chi connectivity index (χ4v) is 2.85. The molecule has 0 aliphatic heterocycles. The number of nitrogens with zero attached hydrogens (tertiary/aromatic N) is 1. The summed E-state index contributed by atoms with van der Waals surface area (Å²) < 4.78 is 5.08. The van der Waals surface area contributed by atoms with E-state index >= 15 is 0 Å². The molecular formula is C18H23Cl2NO5. The topological polar surface area (TPSA) is 83.9 Å². The molecule has 0 aromatic heterocycles. The number of ether oxygens (including phenoxy) is 1. The van der Waals surface area contributed by atoms with Gasteiger partial charge in [0.1, 0.15) is 18.1 Å². The number of rotatable bonds is 12. The molecule has 0 spiro atoms. The van der Waals surface area contributed by atoms with Crippen molar-refractivity contribution in [1.29, 1.82) is 0 Å². The summed E-state index contributed by atoms with van der Waals surface area (Å²) >= 11 is 11.4. The summed E-state index contributed by atoms with van der Waals surface area (Å²) in [7, 11) is 1.54. The molecule has 26 heavy (non-hydrogen) atoms. The largest absolute Gasteiger partial charge is 0.497 e. The zero-order chi connectivity index (χ0) is 19.5. The third kappa shape index (κ3) is 7.22. The van der Waals surface area contributed by atoms with Crippen molar-refractivity contribution < 1.29 is 24.2 Å². The van der Waals surface area contributed by atoms with Crippen molar-refractivity contribution in [3.63, 3.8) is 0 Å². The maximum absolute atomic E-state index is 12.8. The van der Waals surface area contributed by atoms with Gasteiger partial charge < -0.3 is 14.7 Å². The number of carboxylic acid groups (broad SMARTS) is 1. The number of carboxylic acids is 1. The van der Waals surface area contributed by atoms with Crippen LogP contribution in [0.4, 0.5) is 0 Å². The molecule has 0 fully saturated rings. The molecule has 1 unspecified atom stereocenters. The van der Waals surface area contributed by atoms with Crippen LogP contribution in [0.1, 0.15) is 24.8 Å². The van der Waals surface area contributed by atoms with E-state index in [-0.39, 0.29) is 31.0 Å². The van der Waals surface area contributed by atoms with E-state index in [2.05, 4.69) is 0 Å². The van der Waals surface area contributed by atoms with Gasteiger partial charge in [-0.15, -0.1) is 23.2 Å². The molecule has 1 rings (SSSR count). The molecule has 144 valence electrons. The zero-order valence-electron chi connectivity index (χ0n) is 14.6. The molecule has 0 saturated heterocycles. The normalized spacial score (nSPS) is 11.7. The van der Waals surface area contributed by atoms with Crippen LogP contribution in [0.5, 0.6) is 5.75 Å². The van der Waals surface area contributed by atoms with Crippen LogP contribution in [0.3, 0.4) is 0 Å². The van der Waals surface area contributed by atoms with Crippen molar-refractivity contribution in [3.05, 3.63) is 29.8 Å². The molecule has 1 atom stereocenters. The fourth-order valence-electron chi connectivity index (χ4n) is 2.49. The van der Waals surface area contributed by atoms with E-state index in [1.165, 1.54) is 4.90 Å². The van der Waals surface area contributed by atoms with Crippen LogP contribution in [-0.4, -0.2) is 53.1 Å². The number of aliphatic carboxylic acids is 1. The number of amides is 1. The van der Waals surface area contributed by atoms with Crippen LogP contribution in [0, 0.1) is 5.92 Å². The number of hydrogen-bond acceptors (Lipinski definition) is 4. The highest BCUT2D eigenvalue weighted by molar-refractivity contribution is 6.18. The van der Waals surface area contributed by atoms with Crippen LogP contribution in [0.15, 0.2) is 24.3 Å². The Morgan fingerprint density at radius 1 is 1.15 bits per heavy atom. The van der Waals surface area contributed by atoms with Crippen LogP contribution < -0.4 is 4.74 Å². The summed E-state index contributed by atoms with van der Waals surface area (Å²) in [5.41, 5.74) is 0.734. The van der Waals surface area contributed by atoms with E-state index in [1.54, 1.807) is 31.4 Å². The minimum absolute atomic E-state index is 0.0801. The van der Waals surface area contributed by atoms with Gasteiger partial charge in [0.2, 0.25) is 5.91 Å². The number of Topliss-reactive ketones (excluding diaryl/α,β-unsaturated/α-hetero) is 1. The molecule has 1 amide bonds. The van der Waals surface area contributed by atoms with E-state index in [4.69, 9.17) is 33.0 Å². The first kappa shape index (κ1) is 22.3. The lowest BCUT2D eigenvalue weighted by Gasteiger charge is -2.25. The smallest absolute Gasteiger partial charge is 0.323 e. The molecule has 0 radical (unpaired) electrons. The predicted octanol–water partition coefficient (Wildman–Crippen LogP) is 2.94. The Morgan fingerprint density at radius 3 is 2.31 bits per heavy atom. The van der Waals surface area contributed by atoms with Gasteiger partial charge >= 0.3 is 5.97 Å². The number of alkyl halides is 2. The Balaban J connectivity index is 2.96. The first-order valence-electron chi connectivity index (χ1n) is 8.21. The molecular weight excluding hydrogens is 381 g/mol. The number of hydrogen-bond donors (Lipinski definition) is 1. The van der Waals surface area contributed by atoms with E-state index in [1.807, 2.05) is 0 Å². The number of ketones is 1. The maximum atomic E-state index is 12.8. The van der Waals surface area contributed by atoms with Crippen LogP contribution in [0.25, 0.3) is 0 Å². The van der Waals surface area contributed by atoms with Gasteiger partial charge in [-0.05, 0) is 30.5 Å². The first-order chi connectivity index (χ1) is 12.4. The minimum atomic E-state index is -1.15. The standard InChI is InChI=1S/C18H23Cl2NO5/c1-26-14-6-4-13(5-7-14)11-21(12-17(23)24)18(25)15(8-10-20)16(22)3-2-9-19/h4-7,15H,2-3,8-12H2,1H3,(H,23,24). The highest BCUT2D eigenvalue weighted by Gasteiger charge is 2.30. The first-order valence-corrected chi connectivity index (χ1v) is 9.28. The molecule has 8 heteroatoms. The van der Waals surface area contributed by atoms with Crippen molar-refractivity contribution in [2.24, 2.45) is 5.92 Å². The van der Waals surface area contributed by atoms with Crippen LogP contribution in [0.2, 0.25) is 0 Å². The van der Waals surface area contributed by atoms with Crippen molar-refractivity contribution in [3.8, 4) is 5.75 Å². The highest BCUT2D eigenvalue weighted by Crippen LogP contribution is 2.18. The highest BCUT2D eigenvalue weighted by atomic mass is 35.5. The molecule has 0 bridgehead atoms. The van der Waals surface area contributed by atoms with E-state index in [0.717, 1.165) is 5.56 Å². The average Bonchev–Trinajstić information content (AvgIpc) is 2.63. The predicted molar refractivity (Wildman–Crippen MR) is 99.8 cm³/mol. The van der Waals surface area contributed by atoms with Crippen molar-refractivity contribution in [2.75, 3.05) is 25.4 Å². The number of carbonyl (C=O) groups is 3. The van der Waals surface area contributed by atoms with Gasteiger partial charge in [-0.1, -0.05) is 12.1 Å². The quantitative estimate of drug-likeness (QED) is 0.428. The number of methoxy groups -OCH3 is 1. The number of carbonyl (C=O) groups excluding carboxylic acids is 2. The fraction of sp³-hybridized carbons (Fsp3) is 0.500. The van der Waals surface area contributed by atoms with Gasteiger partial charge in [0, 0.05) is 24.7 Å². The lowest BCUT2D eigenvalue weighted by molar-refractivity contribution is -0.149. The lowest BCUT2D eigenvalue weighted by Crippen LogP contribution is -2.42. The summed E-state index contributed by atoms with van der Waals surface area (Å²) in [6, 6.07) is 6.93. The molecule has 0 saturated carbocycles. The van der Waals surface area contributed by atoms with Crippen molar-refractivity contribution in [1.82, 2.24) is 4.90 Å². The summed E-state index contributed by atoms with van der Waals surface area (Å²) in [5, 5.41) is 9.14. The molecule has 0 heterocycles. The average molecular weight is 404 g/mol. The van der Waals surface area contributed by atoms with E-state index < -0.39 is 24.3 Å². The Bertz CT molecular complexity index is 606. The minimum Gasteiger partial charge on any atom is -0.497 e. The Labute approximate surface area is 163 Å². The van der Waals surface area contributed by atoms with Crippen molar-refractivity contribution in [2.45, 2.75) is 25.8 Å². The van der Waals surface area contributed by atoms with Gasteiger partial charge in [-0.25, -0.2) is 0 Å². The van der Waals surface area contributed by atoms with Gasteiger partial charge in [0.15, 0.2) is 0 Å². The molecule has 1 N–H and O–H groups in total. The number of benzene rings is 1. The second kappa shape index (κ2) is 11.8. The molecule has 6 nitrogen and oxygen atoms in total. The third-order valence-corrected chi connectivity index (χ3v) is 4.30. The van der Waals surface area contributed by atoms with Gasteiger partial charge in [0.05, 0.1) is 13.0 Å². The SMILES string of the molecule is COc1ccc(CN(CC(=O)O)C(=O)C(CCCl)C(=O)CCCCl)cc1. The summed E-state index contributed by atoms with van der Waals surface area (Å²) in [5.74, 6) is -1.78. The Morgan fingerprint density at radius 2 is 1.81 bits per heavy atom. The molecule has 0 aliphatic rings. The van der Waals surface area contributed by atoms with Crippen LogP contribution >= 0.6 is 23.2 Å². The van der Waals surface area contributed by atoms with E-state index in [9.17, 15) is 14.4 Å².